The van der Waals surface area contributed by atoms with Gasteiger partial charge in [-0.25, -0.2) is 0 Å². The van der Waals surface area contributed by atoms with Crippen molar-refractivity contribution >= 4 is 11.1 Å². The topological polar surface area (TPSA) is 0 Å². The molecule has 4 aromatic rings. The van der Waals surface area contributed by atoms with Crippen molar-refractivity contribution < 1.29 is 0 Å². The summed E-state index contributed by atoms with van der Waals surface area (Å²) in [6.45, 7) is 8.29. The molecule has 0 aliphatic carbocycles. The lowest BCUT2D eigenvalue weighted by Gasteiger charge is -2.08. The third-order valence-electron chi connectivity index (χ3n) is 5.24. The van der Waals surface area contributed by atoms with Crippen LogP contribution in [0.15, 0.2) is 135 Å². The molecule has 0 aromatic heterocycles. The maximum atomic E-state index is 4.28. The first-order valence-electron chi connectivity index (χ1n) is 10.1. The summed E-state index contributed by atoms with van der Waals surface area (Å²) in [4.78, 5) is 0. The lowest BCUT2D eigenvalue weighted by atomic mass is 9.96. The maximum absolute atomic E-state index is 4.28. The highest BCUT2D eigenvalue weighted by molar-refractivity contribution is 5.87. The van der Waals surface area contributed by atoms with Gasteiger partial charge in [-0.05, 0) is 50.6 Å². The van der Waals surface area contributed by atoms with Crippen LogP contribution in [0, 0.1) is 0 Å². The molecule has 0 radical (unpaired) electrons. The first-order chi connectivity index (χ1) is 14.7. The lowest BCUT2D eigenvalue weighted by Crippen LogP contribution is -1.86. The van der Waals surface area contributed by atoms with Crippen LogP contribution >= 0.6 is 0 Å². The van der Waals surface area contributed by atoms with Crippen LogP contribution in [0.2, 0.25) is 0 Å². The molecular weight excluding hydrogens is 360 g/mol. The molecule has 0 spiro atoms. The monoisotopic (exact) mass is 384 g/mol. The lowest BCUT2D eigenvalue weighted by molar-refractivity contribution is 1.57. The van der Waals surface area contributed by atoms with E-state index in [9.17, 15) is 0 Å². The Labute approximate surface area is 179 Å². The molecule has 0 heteroatoms. The van der Waals surface area contributed by atoms with E-state index in [4.69, 9.17) is 0 Å². The fourth-order valence-electron chi connectivity index (χ4n) is 3.52. The van der Waals surface area contributed by atoms with Crippen molar-refractivity contribution in [1.82, 2.24) is 0 Å². The Hall–Kier alpha value is -3.90. The molecule has 0 fully saturated rings. The van der Waals surface area contributed by atoms with Crippen LogP contribution in [-0.4, -0.2) is 0 Å². The van der Waals surface area contributed by atoms with Crippen LogP contribution in [0.25, 0.3) is 33.4 Å². The average Bonchev–Trinajstić information content (AvgIpc) is 2.84. The molecule has 0 saturated heterocycles. The highest BCUT2D eigenvalue weighted by Crippen LogP contribution is 2.27. The number of hydrogen-bond acceptors (Lipinski definition) is 0. The molecular formula is C30H24. The van der Waals surface area contributed by atoms with E-state index in [2.05, 4.69) is 116 Å². The summed E-state index contributed by atoms with van der Waals surface area (Å²) in [5, 5.41) is 0. The van der Waals surface area contributed by atoms with Crippen molar-refractivity contribution in [3.63, 3.8) is 0 Å². The van der Waals surface area contributed by atoms with Gasteiger partial charge in [0.25, 0.3) is 0 Å². The van der Waals surface area contributed by atoms with Gasteiger partial charge in [0.05, 0.1) is 0 Å². The molecule has 0 N–H and O–H groups in total. The first-order valence-corrected chi connectivity index (χ1v) is 10.1. The summed E-state index contributed by atoms with van der Waals surface area (Å²) in [6, 6.07) is 37.9. The Morgan fingerprint density at radius 2 is 0.900 bits per heavy atom. The minimum Gasteiger partial charge on any atom is -0.0984 e. The Balaban J connectivity index is 1.55. The number of hydrogen-bond donors (Lipinski definition) is 0. The molecule has 144 valence electrons. The first kappa shape index (κ1) is 19.4. The second-order valence-electron chi connectivity index (χ2n) is 7.22. The van der Waals surface area contributed by atoms with E-state index >= 15 is 0 Å². The van der Waals surface area contributed by atoms with Crippen molar-refractivity contribution in [2.24, 2.45) is 0 Å². The van der Waals surface area contributed by atoms with E-state index in [1.165, 1.54) is 22.3 Å². The zero-order valence-corrected chi connectivity index (χ0v) is 17.0. The van der Waals surface area contributed by atoms with Gasteiger partial charge in [0.15, 0.2) is 0 Å². The summed E-state index contributed by atoms with van der Waals surface area (Å²) in [7, 11) is 0. The highest BCUT2D eigenvalue weighted by atomic mass is 14.1. The summed E-state index contributed by atoms with van der Waals surface area (Å²) in [6.07, 6.45) is 3.99. The van der Waals surface area contributed by atoms with Crippen LogP contribution < -0.4 is 0 Å². The second kappa shape index (κ2) is 9.07. The van der Waals surface area contributed by atoms with Gasteiger partial charge in [0.1, 0.15) is 0 Å². The number of rotatable bonds is 6. The van der Waals surface area contributed by atoms with E-state index in [0.29, 0.717) is 0 Å². The van der Waals surface area contributed by atoms with Gasteiger partial charge in [-0.3, -0.25) is 0 Å². The van der Waals surface area contributed by atoms with Crippen molar-refractivity contribution in [2.75, 3.05) is 0 Å². The summed E-state index contributed by atoms with van der Waals surface area (Å²) < 4.78 is 0. The van der Waals surface area contributed by atoms with Gasteiger partial charge in [-0.1, -0.05) is 128 Å². The quantitative estimate of drug-likeness (QED) is 0.293. The fourth-order valence-corrected chi connectivity index (χ4v) is 3.52. The number of benzene rings is 4. The Morgan fingerprint density at radius 1 is 0.500 bits per heavy atom. The smallest absolute Gasteiger partial charge is 0.0184 e. The van der Waals surface area contributed by atoms with E-state index < -0.39 is 0 Å². The van der Waals surface area contributed by atoms with Crippen LogP contribution in [-0.2, 0) is 0 Å². The normalized spacial score (nSPS) is 11.1. The largest absolute Gasteiger partial charge is 0.0984 e. The fraction of sp³-hybridized carbons (Fsp3) is 0. The van der Waals surface area contributed by atoms with Gasteiger partial charge < -0.3 is 0 Å². The van der Waals surface area contributed by atoms with Gasteiger partial charge in [-0.15, -0.1) is 0 Å². The SMILES string of the molecule is C=C/C(=C\C(=C)c1ccc(-c2ccccc2)cc1)c1ccc(-c2ccccc2)cc1. The third kappa shape index (κ3) is 4.39. The highest BCUT2D eigenvalue weighted by Gasteiger charge is 2.04. The molecule has 0 unspecified atom stereocenters. The molecule has 0 amide bonds. The molecule has 0 aliphatic rings. The summed E-state index contributed by atoms with van der Waals surface area (Å²) >= 11 is 0. The zero-order chi connectivity index (χ0) is 20.8. The van der Waals surface area contributed by atoms with Crippen molar-refractivity contribution in [2.45, 2.75) is 0 Å². The molecule has 0 nitrogen and oxygen atoms in total. The molecule has 0 bridgehead atoms. The van der Waals surface area contributed by atoms with Gasteiger partial charge >= 0.3 is 0 Å². The van der Waals surface area contributed by atoms with Crippen LogP contribution in [0.3, 0.4) is 0 Å². The molecule has 4 rings (SSSR count). The number of allylic oxidation sites excluding steroid dienone is 4. The summed E-state index contributed by atoms with van der Waals surface area (Å²) in [5.41, 5.74) is 9.12. The van der Waals surface area contributed by atoms with E-state index in [1.807, 2.05) is 18.2 Å². The minimum atomic E-state index is 0.969. The van der Waals surface area contributed by atoms with Gasteiger partial charge in [0, 0.05) is 0 Å². The molecule has 0 heterocycles. The molecule has 0 saturated carbocycles. The molecule has 0 aliphatic heterocycles. The predicted molar refractivity (Wildman–Crippen MR) is 131 cm³/mol. The molecule has 4 aromatic carbocycles. The average molecular weight is 385 g/mol. The third-order valence-corrected chi connectivity index (χ3v) is 5.24. The van der Waals surface area contributed by atoms with Crippen molar-refractivity contribution in [3.8, 4) is 22.3 Å². The second-order valence-corrected chi connectivity index (χ2v) is 7.22. The zero-order valence-electron chi connectivity index (χ0n) is 17.0. The maximum Gasteiger partial charge on any atom is -0.0184 e. The standard InChI is InChI=1S/C30H24/c1-3-24(28-18-20-30(21-19-28)27-12-8-5-9-13-27)22-23(2)25-14-16-29(17-15-25)26-10-6-4-7-11-26/h3-22H,1-2H2/b24-22+. The predicted octanol–water partition coefficient (Wildman–Crippen LogP) is 8.30. The van der Waals surface area contributed by atoms with E-state index in [-0.39, 0.29) is 0 Å². The van der Waals surface area contributed by atoms with E-state index in [1.54, 1.807) is 0 Å². The molecule has 30 heavy (non-hydrogen) atoms. The van der Waals surface area contributed by atoms with Gasteiger partial charge in [-0.2, -0.15) is 0 Å². The van der Waals surface area contributed by atoms with Crippen LogP contribution in [0.5, 0.6) is 0 Å². The van der Waals surface area contributed by atoms with Gasteiger partial charge in [0.2, 0.25) is 0 Å². The Bertz CT molecular complexity index is 1160. The van der Waals surface area contributed by atoms with E-state index in [0.717, 1.165) is 22.3 Å². The Morgan fingerprint density at radius 3 is 1.33 bits per heavy atom. The molecule has 0 atom stereocenters. The van der Waals surface area contributed by atoms with Crippen LogP contribution in [0.4, 0.5) is 0 Å². The van der Waals surface area contributed by atoms with Crippen molar-refractivity contribution in [3.05, 3.63) is 146 Å². The summed E-state index contributed by atoms with van der Waals surface area (Å²) in [5.74, 6) is 0. The minimum absolute atomic E-state index is 0.969. The van der Waals surface area contributed by atoms with Crippen LogP contribution in [0.1, 0.15) is 11.1 Å². The van der Waals surface area contributed by atoms with Crippen molar-refractivity contribution in [1.29, 1.82) is 0 Å². The Kier molecular flexibility index (Phi) is 5.87.